The van der Waals surface area contributed by atoms with Crippen LogP contribution in [0.5, 0.6) is 0 Å². The molecule has 2 unspecified atom stereocenters. The van der Waals surface area contributed by atoms with E-state index in [-0.39, 0.29) is 0 Å². The van der Waals surface area contributed by atoms with Gasteiger partial charge in [0.2, 0.25) is 0 Å². The van der Waals surface area contributed by atoms with Gasteiger partial charge in [0.15, 0.2) is 0 Å². The van der Waals surface area contributed by atoms with Gasteiger partial charge in [-0.05, 0) is 37.8 Å². The first-order chi connectivity index (χ1) is 7.40. The molecule has 2 nitrogen and oxygen atoms in total. The van der Waals surface area contributed by atoms with Gasteiger partial charge in [-0.2, -0.15) is 11.8 Å². The second-order valence-electron chi connectivity index (χ2n) is 4.62. The molecule has 0 aromatic carbocycles. The van der Waals surface area contributed by atoms with Crippen LogP contribution in [0, 0.1) is 0 Å². The molecule has 2 bridgehead atoms. The second-order valence-corrected chi connectivity index (χ2v) is 5.91. The maximum absolute atomic E-state index is 5.36. The molecule has 0 spiro atoms. The number of hydrogen-bond acceptors (Lipinski definition) is 3. The maximum Gasteiger partial charge on any atom is 0.113 e. The fourth-order valence-corrected chi connectivity index (χ4v) is 4.04. The van der Waals surface area contributed by atoms with Gasteiger partial charge < -0.3 is 9.73 Å². The number of rotatable bonds is 3. The van der Waals surface area contributed by atoms with Gasteiger partial charge in [0, 0.05) is 17.3 Å². The van der Waals surface area contributed by atoms with E-state index in [1.807, 2.05) is 6.07 Å². The summed E-state index contributed by atoms with van der Waals surface area (Å²) in [5.74, 6) is 2.16. The Bertz CT molecular complexity index is 299. The number of thioether (sulfide) groups is 1. The molecule has 0 aliphatic carbocycles. The van der Waals surface area contributed by atoms with Crippen LogP contribution < -0.4 is 5.32 Å². The van der Waals surface area contributed by atoms with E-state index >= 15 is 0 Å². The van der Waals surface area contributed by atoms with Crippen molar-refractivity contribution in [2.45, 2.75) is 48.8 Å². The largest absolute Gasteiger partial charge is 0.468 e. The van der Waals surface area contributed by atoms with Crippen LogP contribution in [0.1, 0.15) is 31.4 Å². The molecule has 15 heavy (non-hydrogen) atoms. The fraction of sp³-hybridized carbons (Fsp3) is 0.667. The lowest BCUT2D eigenvalue weighted by Crippen LogP contribution is -2.39. The van der Waals surface area contributed by atoms with Crippen LogP contribution in [0.15, 0.2) is 22.8 Å². The van der Waals surface area contributed by atoms with Gasteiger partial charge in [-0.3, -0.25) is 0 Å². The Morgan fingerprint density at radius 2 is 2.13 bits per heavy atom. The first-order valence-electron chi connectivity index (χ1n) is 5.80. The molecular formula is C12H17NOS. The van der Waals surface area contributed by atoms with Gasteiger partial charge in [-0.15, -0.1) is 0 Å². The summed E-state index contributed by atoms with van der Waals surface area (Å²) in [7, 11) is 0. The number of fused-ring (bicyclic) bond motifs is 2. The van der Waals surface area contributed by atoms with E-state index in [2.05, 4.69) is 23.1 Å². The van der Waals surface area contributed by atoms with Crippen molar-refractivity contribution in [2.75, 3.05) is 0 Å². The number of nitrogens with one attached hydrogen (secondary N) is 1. The molecule has 3 heterocycles. The molecule has 1 N–H and O–H groups in total. The van der Waals surface area contributed by atoms with Crippen LogP contribution >= 0.6 is 11.8 Å². The molecule has 2 saturated heterocycles. The van der Waals surface area contributed by atoms with Crippen molar-refractivity contribution in [3.8, 4) is 0 Å². The molecule has 1 aromatic heterocycles. The number of hydrogen-bond donors (Lipinski definition) is 1. The van der Waals surface area contributed by atoms with Gasteiger partial charge in [-0.1, -0.05) is 0 Å². The van der Waals surface area contributed by atoms with Gasteiger partial charge in [0.1, 0.15) is 5.76 Å². The predicted octanol–water partition coefficient (Wildman–Crippen LogP) is 2.80. The molecule has 2 atom stereocenters. The van der Waals surface area contributed by atoms with Gasteiger partial charge >= 0.3 is 0 Å². The first-order valence-corrected chi connectivity index (χ1v) is 6.85. The molecule has 3 rings (SSSR count). The van der Waals surface area contributed by atoms with Crippen molar-refractivity contribution in [3.63, 3.8) is 0 Å². The zero-order valence-corrected chi connectivity index (χ0v) is 9.63. The third kappa shape index (κ3) is 2.23. The summed E-state index contributed by atoms with van der Waals surface area (Å²) in [5.41, 5.74) is 0. The lowest BCUT2D eigenvalue weighted by atomic mass is 10.1. The Morgan fingerprint density at radius 1 is 1.33 bits per heavy atom. The standard InChI is InChI=1S/C12H17NOS/c1-2-11(14-5-1)8-15-12-6-9-3-4-10(7-12)13-9/h1-2,5,9-10,12-13H,3-4,6-8H2. The van der Waals surface area contributed by atoms with Crippen molar-refractivity contribution < 1.29 is 4.42 Å². The lowest BCUT2D eigenvalue weighted by molar-refractivity contribution is 0.414. The van der Waals surface area contributed by atoms with Crippen molar-refractivity contribution in [1.82, 2.24) is 5.32 Å². The highest BCUT2D eigenvalue weighted by atomic mass is 32.2. The van der Waals surface area contributed by atoms with Crippen molar-refractivity contribution in [3.05, 3.63) is 24.2 Å². The summed E-state index contributed by atoms with van der Waals surface area (Å²) in [4.78, 5) is 0. The number of piperidine rings is 1. The third-order valence-corrected chi connectivity index (χ3v) is 4.78. The third-order valence-electron chi connectivity index (χ3n) is 3.47. The van der Waals surface area contributed by atoms with Crippen molar-refractivity contribution in [1.29, 1.82) is 0 Å². The highest BCUT2D eigenvalue weighted by Gasteiger charge is 2.33. The van der Waals surface area contributed by atoms with Gasteiger partial charge in [0.05, 0.1) is 12.0 Å². The van der Waals surface area contributed by atoms with Crippen LogP contribution in [-0.4, -0.2) is 17.3 Å². The predicted molar refractivity (Wildman–Crippen MR) is 63.0 cm³/mol. The lowest BCUT2D eigenvalue weighted by Gasteiger charge is -2.28. The topological polar surface area (TPSA) is 25.2 Å². The van der Waals surface area contributed by atoms with Crippen LogP contribution in [0.3, 0.4) is 0 Å². The van der Waals surface area contributed by atoms with E-state index in [4.69, 9.17) is 4.42 Å². The maximum atomic E-state index is 5.36. The fourth-order valence-electron chi connectivity index (χ4n) is 2.74. The molecule has 1 aromatic rings. The molecule has 82 valence electrons. The Morgan fingerprint density at radius 3 is 2.80 bits per heavy atom. The van der Waals surface area contributed by atoms with E-state index in [9.17, 15) is 0 Å². The quantitative estimate of drug-likeness (QED) is 0.853. The van der Waals surface area contributed by atoms with E-state index in [0.29, 0.717) is 0 Å². The molecule has 0 radical (unpaired) electrons. The van der Waals surface area contributed by atoms with Crippen LogP contribution in [0.25, 0.3) is 0 Å². The van der Waals surface area contributed by atoms with E-state index in [1.165, 1.54) is 25.7 Å². The Balaban J connectivity index is 1.52. The summed E-state index contributed by atoms with van der Waals surface area (Å²) < 4.78 is 5.36. The van der Waals surface area contributed by atoms with Crippen LogP contribution in [-0.2, 0) is 5.75 Å². The minimum Gasteiger partial charge on any atom is -0.468 e. The van der Waals surface area contributed by atoms with E-state index in [1.54, 1.807) is 6.26 Å². The minimum atomic E-state index is 0.804. The van der Waals surface area contributed by atoms with E-state index in [0.717, 1.165) is 28.8 Å². The molecule has 0 saturated carbocycles. The van der Waals surface area contributed by atoms with Crippen LogP contribution in [0.4, 0.5) is 0 Å². The average Bonchev–Trinajstić information content (AvgIpc) is 2.86. The van der Waals surface area contributed by atoms with Crippen LogP contribution in [0.2, 0.25) is 0 Å². The summed E-state index contributed by atoms with van der Waals surface area (Å²) in [6.07, 6.45) is 7.25. The molecule has 3 heteroatoms. The highest BCUT2D eigenvalue weighted by molar-refractivity contribution is 7.99. The second kappa shape index (κ2) is 4.22. The number of furan rings is 1. The van der Waals surface area contributed by atoms with E-state index < -0.39 is 0 Å². The summed E-state index contributed by atoms with van der Waals surface area (Å²) in [5, 5.41) is 4.52. The molecule has 2 aliphatic rings. The van der Waals surface area contributed by atoms with Gasteiger partial charge in [0.25, 0.3) is 0 Å². The van der Waals surface area contributed by atoms with Gasteiger partial charge in [-0.25, -0.2) is 0 Å². The SMILES string of the molecule is c1coc(CSC2CC3CCC(C2)N3)c1. The zero-order valence-electron chi connectivity index (χ0n) is 8.82. The zero-order chi connectivity index (χ0) is 10.1. The highest BCUT2D eigenvalue weighted by Crippen LogP contribution is 2.34. The Hall–Kier alpha value is -0.410. The molecule has 2 fully saturated rings. The Kier molecular flexibility index (Phi) is 2.76. The first kappa shape index (κ1) is 9.79. The van der Waals surface area contributed by atoms with Crippen molar-refractivity contribution in [2.24, 2.45) is 0 Å². The monoisotopic (exact) mass is 223 g/mol. The summed E-state index contributed by atoms with van der Waals surface area (Å²) >= 11 is 2.07. The summed E-state index contributed by atoms with van der Waals surface area (Å²) in [6, 6.07) is 5.65. The normalized spacial score (nSPS) is 34.5. The average molecular weight is 223 g/mol. The smallest absolute Gasteiger partial charge is 0.113 e. The Labute approximate surface area is 94.8 Å². The molecular weight excluding hydrogens is 206 g/mol. The molecule has 2 aliphatic heterocycles. The molecule has 0 amide bonds. The summed E-state index contributed by atoms with van der Waals surface area (Å²) in [6.45, 7) is 0. The van der Waals surface area contributed by atoms with Crippen molar-refractivity contribution >= 4 is 11.8 Å². The minimum absolute atomic E-state index is 0.804.